The molecule has 6 heteroatoms. The molecule has 3 rings (SSSR count). The summed E-state index contributed by atoms with van der Waals surface area (Å²) < 4.78 is 25.1. The molecule has 1 unspecified atom stereocenters. The molecule has 0 aromatic heterocycles. The van der Waals surface area contributed by atoms with E-state index in [2.05, 4.69) is 0 Å². The van der Waals surface area contributed by atoms with Crippen LogP contribution in [0.2, 0.25) is 5.02 Å². The SMILES string of the molecule is O=C(COCC1CCCCO1)N(Cc1c(F)cccc1Cl)C1CC1. The Morgan fingerprint density at radius 3 is 2.83 bits per heavy atom. The van der Waals surface area contributed by atoms with Crippen molar-refractivity contribution in [2.45, 2.75) is 50.8 Å². The van der Waals surface area contributed by atoms with Crippen LogP contribution in [0.1, 0.15) is 37.7 Å². The van der Waals surface area contributed by atoms with Crippen LogP contribution < -0.4 is 0 Å². The quantitative estimate of drug-likeness (QED) is 0.750. The molecule has 24 heavy (non-hydrogen) atoms. The number of amides is 1. The van der Waals surface area contributed by atoms with E-state index in [9.17, 15) is 9.18 Å². The van der Waals surface area contributed by atoms with Crippen molar-refractivity contribution in [1.29, 1.82) is 0 Å². The highest BCUT2D eigenvalue weighted by Gasteiger charge is 2.33. The third-order valence-corrected chi connectivity index (χ3v) is 4.86. The Hall–Kier alpha value is -1.17. The summed E-state index contributed by atoms with van der Waals surface area (Å²) in [5, 5.41) is 0.352. The minimum Gasteiger partial charge on any atom is -0.376 e. The van der Waals surface area contributed by atoms with Crippen molar-refractivity contribution < 1.29 is 18.7 Å². The van der Waals surface area contributed by atoms with E-state index in [0.717, 1.165) is 38.7 Å². The standard InChI is InChI=1S/C18H23ClFNO3/c19-16-5-3-6-17(20)15(16)10-21(13-7-8-13)18(22)12-23-11-14-4-1-2-9-24-14/h3,5-6,13-14H,1-2,4,7-12H2. The first-order chi connectivity index (χ1) is 11.6. The molecule has 1 saturated carbocycles. The van der Waals surface area contributed by atoms with Crippen LogP contribution in [0.3, 0.4) is 0 Å². The fourth-order valence-corrected chi connectivity index (χ4v) is 3.18. The Bertz CT molecular complexity index is 553. The molecule has 132 valence electrons. The summed E-state index contributed by atoms with van der Waals surface area (Å²) in [6, 6.07) is 4.75. The maximum atomic E-state index is 14.0. The first-order valence-corrected chi connectivity index (χ1v) is 8.94. The van der Waals surface area contributed by atoms with Gasteiger partial charge in [0, 0.05) is 23.2 Å². The number of carbonyl (C=O) groups excluding carboxylic acids is 1. The lowest BCUT2D eigenvalue weighted by atomic mass is 10.1. The van der Waals surface area contributed by atoms with Crippen molar-refractivity contribution in [2.75, 3.05) is 19.8 Å². The average Bonchev–Trinajstić information content (AvgIpc) is 3.40. The van der Waals surface area contributed by atoms with Crippen molar-refractivity contribution in [3.63, 3.8) is 0 Å². The molecular formula is C18H23ClFNO3. The molecule has 1 amide bonds. The number of nitrogens with zero attached hydrogens (tertiary/aromatic N) is 1. The summed E-state index contributed by atoms with van der Waals surface area (Å²) in [6.07, 6.45) is 5.19. The smallest absolute Gasteiger partial charge is 0.249 e. The third-order valence-electron chi connectivity index (χ3n) is 4.50. The van der Waals surface area contributed by atoms with Gasteiger partial charge in [-0.25, -0.2) is 4.39 Å². The molecule has 1 aromatic carbocycles. The van der Waals surface area contributed by atoms with Crippen molar-refractivity contribution in [2.24, 2.45) is 0 Å². The molecule has 1 saturated heterocycles. The highest BCUT2D eigenvalue weighted by atomic mass is 35.5. The largest absolute Gasteiger partial charge is 0.376 e. The number of carbonyl (C=O) groups is 1. The zero-order chi connectivity index (χ0) is 16.9. The summed E-state index contributed by atoms with van der Waals surface area (Å²) in [5.41, 5.74) is 0.370. The second-order valence-electron chi connectivity index (χ2n) is 6.46. The molecular weight excluding hydrogens is 333 g/mol. The van der Waals surface area contributed by atoms with Gasteiger partial charge in [-0.2, -0.15) is 0 Å². The maximum Gasteiger partial charge on any atom is 0.249 e. The molecule has 0 radical (unpaired) electrons. The summed E-state index contributed by atoms with van der Waals surface area (Å²) in [4.78, 5) is 14.2. The van der Waals surface area contributed by atoms with Gasteiger partial charge in [-0.3, -0.25) is 4.79 Å². The predicted molar refractivity (Wildman–Crippen MR) is 89.4 cm³/mol. The van der Waals surface area contributed by atoms with Crippen LogP contribution in [0, 0.1) is 5.82 Å². The fourth-order valence-electron chi connectivity index (χ4n) is 2.96. The van der Waals surface area contributed by atoms with Gasteiger partial charge in [0.25, 0.3) is 0 Å². The van der Waals surface area contributed by atoms with Gasteiger partial charge in [0.05, 0.1) is 19.3 Å². The molecule has 1 aliphatic heterocycles. The Morgan fingerprint density at radius 1 is 1.33 bits per heavy atom. The lowest BCUT2D eigenvalue weighted by Gasteiger charge is -2.25. The predicted octanol–water partition coefficient (Wildman–Crippen LogP) is 3.56. The average molecular weight is 356 g/mol. The van der Waals surface area contributed by atoms with Crippen molar-refractivity contribution in [3.05, 3.63) is 34.6 Å². The normalized spacial score (nSPS) is 20.8. The zero-order valence-corrected chi connectivity index (χ0v) is 14.4. The van der Waals surface area contributed by atoms with E-state index in [1.54, 1.807) is 17.0 Å². The van der Waals surface area contributed by atoms with Crippen LogP contribution in [0.4, 0.5) is 4.39 Å². The number of benzene rings is 1. The topological polar surface area (TPSA) is 38.8 Å². The summed E-state index contributed by atoms with van der Waals surface area (Å²) in [5.74, 6) is -0.495. The van der Waals surface area contributed by atoms with E-state index in [1.807, 2.05) is 0 Å². The van der Waals surface area contributed by atoms with E-state index in [0.29, 0.717) is 17.2 Å². The Morgan fingerprint density at radius 2 is 2.17 bits per heavy atom. The number of ether oxygens (including phenoxy) is 2. The van der Waals surface area contributed by atoms with E-state index in [4.69, 9.17) is 21.1 Å². The van der Waals surface area contributed by atoms with Gasteiger partial charge < -0.3 is 14.4 Å². The Labute approximate surface area is 146 Å². The van der Waals surface area contributed by atoms with Crippen LogP contribution in [0.15, 0.2) is 18.2 Å². The highest BCUT2D eigenvalue weighted by Crippen LogP contribution is 2.30. The highest BCUT2D eigenvalue weighted by molar-refractivity contribution is 6.31. The van der Waals surface area contributed by atoms with Crippen molar-refractivity contribution in [3.8, 4) is 0 Å². The second-order valence-corrected chi connectivity index (χ2v) is 6.86. The van der Waals surface area contributed by atoms with Crippen molar-refractivity contribution >= 4 is 17.5 Å². The molecule has 4 nitrogen and oxygen atoms in total. The van der Waals surface area contributed by atoms with Gasteiger partial charge in [0.15, 0.2) is 0 Å². The van der Waals surface area contributed by atoms with Crippen LogP contribution in [-0.4, -0.2) is 42.8 Å². The van der Waals surface area contributed by atoms with Gasteiger partial charge in [-0.1, -0.05) is 17.7 Å². The molecule has 2 aliphatic rings. The maximum absolute atomic E-state index is 14.0. The van der Waals surface area contributed by atoms with Gasteiger partial charge in [-0.15, -0.1) is 0 Å². The summed E-state index contributed by atoms with van der Waals surface area (Å²) in [6.45, 7) is 1.40. The number of hydrogen-bond donors (Lipinski definition) is 0. The van der Waals surface area contributed by atoms with E-state index in [1.165, 1.54) is 6.07 Å². The fraction of sp³-hybridized carbons (Fsp3) is 0.611. The van der Waals surface area contributed by atoms with Gasteiger partial charge >= 0.3 is 0 Å². The number of hydrogen-bond acceptors (Lipinski definition) is 3. The molecule has 1 aliphatic carbocycles. The van der Waals surface area contributed by atoms with Crippen LogP contribution in [-0.2, 0) is 20.8 Å². The van der Waals surface area contributed by atoms with Crippen LogP contribution >= 0.6 is 11.6 Å². The Balaban J connectivity index is 1.54. The lowest BCUT2D eigenvalue weighted by molar-refractivity contribution is -0.139. The first kappa shape index (κ1) is 17.6. The van der Waals surface area contributed by atoms with E-state index >= 15 is 0 Å². The molecule has 2 fully saturated rings. The molecule has 1 aromatic rings. The molecule has 1 atom stereocenters. The van der Waals surface area contributed by atoms with Gasteiger partial charge in [-0.05, 0) is 44.2 Å². The number of halogens is 2. The minimum atomic E-state index is -0.377. The summed E-state index contributed by atoms with van der Waals surface area (Å²) >= 11 is 6.08. The second kappa shape index (κ2) is 8.28. The van der Waals surface area contributed by atoms with Crippen molar-refractivity contribution in [1.82, 2.24) is 4.90 Å². The minimum absolute atomic E-state index is 0.00241. The molecule has 0 spiro atoms. The molecule has 1 heterocycles. The molecule has 0 bridgehead atoms. The first-order valence-electron chi connectivity index (χ1n) is 8.57. The zero-order valence-electron chi connectivity index (χ0n) is 13.7. The lowest BCUT2D eigenvalue weighted by Crippen LogP contribution is -2.36. The number of rotatable bonds is 7. The molecule has 0 N–H and O–H groups in total. The third kappa shape index (κ3) is 4.68. The van der Waals surface area contributed by atoms with Crippen LogP contribution in [0.5, 0.6) is 0 Å². The van der Waals surface area contributed by atoms with E-state index < -0.39 is 0 Å². The van der Waals surface area contributed by atoms with Crippen LogP contribution in [0.25, 0.3) is 0 Å². The van der Waals surface area contributed by atoms with E-state index in [-0.39, 0.29) is 37.0 Å². The van der Waals surface area contributed by atoms with Gasteiger partial charge in [0.1, 0.15) is 12.4 Å². The monoisotopic (exact) mass is 355 g/mol. The Kier molecular flexibility index (Phi) is 6.09. The summed E-state index contributed by atoms with van der Waals surface area (Å²) in [7, 11) is 0. The van der Waals surface area contributed by atoms with Gasteiger partial charge in [0.2, 0.25) is 5.91 Å².